The van der Waals surface area contributed by atoms with Crippen molar-refractivity contribution in [3.05, 3.63) is 34.1 Å². The SMILES string of the molecule is COc1ccc(F)c(NN)c1.O=[N+]([O-])O. The Morgan fingerprint density at radius 2 is 2.20 bits per heavy atom. The first-order valence-electron chi connectivity index (χ1n) is 3.64. The molecule has 84 valence electrons. The fourth-order valence-corrected chi connectivity index (χ4v) is 0.742. The van der Waals surface area contributed by atoms with Gasteiger partial charge in [-0.05, 0) is 12.1 Å². The van der Waals surface area contributed by atoms with E-state index < -0.39 is 10.9 Å². The van der Waals surface area contributed by atoms with Gasteiger partial charge in [0.1, 0.15) is 11.6 Å². The highest BCUT2D eigenvalue weighted by Gasteiger charge is 2.00. The predicted octanol–water partition coefficient (Wildman–Crippen LogP) is 0.772. The van der Waals surface area contributed by atoms with E-state index in [0.29, 0.717) is 5.75 Å². The number of nitrogens with zero attached hydrogens (tertiary/aromatic N) is 1. The second-order valence-corrected chi connectivity index (χ2v) is 2.23. The summed E-state index contributed by atoms with van der Waals surface area (Å²) in [5.41, 5.74) is 2.44. The Morgan fingerprint density at radius 3 is 2.60 bits per heavy atom. The summed E-state index contributed by atoms with van der Waals surface area (Å²) in [7, 11) is 1.51. The Bertz CT molecular complexity index is 330. The maximum Gasteiger partial charge on any atom is 0.291 e. The number of halogens is 1. The molecule has 0 saturated carbocycles. The van der Waals surface area contributed by atoms with Gasteiger partial charge in [-0.2, -0.15) is 0 Å². The number of hydrazine groups is 1. The van der Waals surface area contributed by atoms with E-state index in [4.69, 9.17) is 25.9 Å². The standard InChI is InChI=1S/C7H9FN2O.HNO3/c1-11-5-2-3-6(8)7(4-5)10-9;2-1(3)4/h2-4,10H,9H2,1H3;(H,2,3,4). The quantitative estimate of drug-likeness (QED) is 0.385. The number of nitrogen functional groups attached to an aromatic ring is 1. The normalized spacial score (nSPS) is 8.47. The summed E-state index contributed by atoms with van der Waals surface area (Å²) in [5, 5.41) is 13.6. The minimum atomic E-state index is -1.50. The second kappa shape index (κ2) is 6.38. The summed E-state index contributed by atoms with van der Waals surface area (Å²) < 4.78 is 17.6. The summed E-state index contributed by atoms with van der Waals surface area (Å²) in [6.07, 6.45) is 0. The molecule has 0 saturated heterocycles. The van der Waals surface area contributed by atoms with Gasteiger partial charge < -0.3 is 15.4 Å². The van der Waals surface area contributed by atoms with Crippen molar-refractivity contribution in [2.24, 2.45) is 5.84 Å². The van der Waals surface area contributed by atoms with Crippen LogP contribution in [0.5, 0.6) is 5.75 Å². The minimum absolute atomic E-state index is 0.226. The fourth-order valence-electron chi connectivity index (χ4n) is 0.742. The Balaban J connectivity index is 0.000000423. The highest BCUT2D eigenvalue weighted by atomic mass is 19.1. The molecule has 0 atom stereocenters. The van der Waals surface area contributed by atoms with Gasteiger partial charge in [0.05, 0.1) is 12.8 Å². The van der Waals surface area contributed by atoms with Gasteiger partial charge in [0.25, 0.3) is 5.09 Å². The molecular weight excluding hydrogens is 209 g/mol. The Labute approximate surface area is 84.3 Å². The van der Waals surface area contributed by atoms with Crippen LogP contribution in [-0.2, 0) is 0 Å². The molecule has 1 rings (SSSR count). The molecule has 0 aliphatic carbocycles. The average molecular weight is 219 g/mol. The van der Waals surface area contributed by atoms with Crippen LogP contribution in [0, 0.1) is 15.9 Å². The van der Waals surface area contributed by atoms with Crippen molar-refractivity contribution in [2.75, 3.05) is 12.5 Å². The lowest BCUT2D eigenvalue weighted by molar-refractivity contribution is -0.742. The molecule has 0 aromatic heterocycles. The van der Waals surface area contributed by atoms with Crippen molar-refractivity contribution < 1.29 is 19.4 Å². The molecule has 15 heavy (non-hydrogen) atoms. The first-order valence-corrected chi connectivity index (χ1v) is 3.64. The summed E-state index contributed by atoms with van der Waals surface area (Å²) >= 11 is 0. The van der Waals surface area contributed by atoms with Crippen molar-refractivity contribution in [1.82, 2.24) is 0 Å². The van der Waals surface area contributed by atoms with Crippen molar-refractivity contribution >= 4 is 5.69 Å². The molecular formula is C7H10FN3O4. The fraction of sp³-hybridized carbons (Fsp3) is 0.143. The van der Waals surface area contributed by atoms with Gasteiger partial charge in [-0.15, -0.1) is 10.1 Å². The lowest BCUT2D eigenvalue weighted by Crippen LogP contribution is -2.08. The molecule has 0 fully saturated rings. The van der Waals surface area contributed by atoms with Crippen LogP contribution in [-0.4, -0.2) is 17.4 Å². The van der Waals surface area contributed by atoms with Crippen LogP contribution < -0.4 is 16.0 Å². The maximum absolute atomic E-state index is 12.7. The van der Waals surface area contributed by atoms with Crippen LogP contribution in [0.15, 0.2) is 18.2 Å². The van der Waals surface area contributed by atoms with Crippen LogP contribution in [0.2, 0.25) is 0 Å². The van der Waals surface area contributed by atoms with Crippen LogP contribution >= 0.6 is 0 Å². The predicted molar refractivity (Wildman–Crippen MR) is 49.5 cm³/mol. The maximum atomic E-state index is 12.7. The molecule has 0 aliphatic rings. The molecule has 4 N–H and O–H groups in total. The van der Waals surface area contributed by atoms with Crippen LogP contribution in [0.4, 0.5) is 10.1 Å². The third kappa shape index (κ3) is 5.26. The van der Waals surface area contributed by atoms with Gasteiger partial charge in [0.15, 0.2) is 0 Å². The summed E-state index contributed by atoms with van der Waals surface area (Å²) in [6.45, 7) is 0. The molecule has 0 spiro atoms. The number of hydrogen-bond donors (Lipinski definition) is 3. The summed E-state index contributed by atoms with van der Waals surface area (Å²) in [5.74, 6) is 5.20. The van der Waals surface area contributed by atoms with E-state index in [1.165, 1.54) is 25.3 Å². The number of anilines is 1. The number of nitrogens with one attached hydrogen (secondary N) is 1. The number of hydrogen-bond acceptors (Lipinski definition) is 5. The highest BCUT2D eigenvalue weighted by molar-refractivity contribution is 5.48. The molecule has 0 heterocycles. The zero-order valence-electron chi connectivity index (χ0n) is 7.81. The van der Waals surface area contributed by atoms with Crippen molar-refractivity contribution in [1.29, 1.82) is 0 Å². The summed E-state index contributed by atoms with van der Waals surface area (Å²) in [4.78, 5) is 8.36. The van der Waals surface area contributed by atoms with E-state index in [9.17, 15) is 4.39 Å². The van der Waals surface area contributed by atoms with E-state index in [-0.39, 0.29) is 5.69 Å². The Kier molecular flexibility index (Phi) is 5.49. The summed E-state index contributed by atoms with van der Waals surface area (Å²) in [6, 6.07) is 4.29. The average Bonchev–Trinajstić information content (AvgIpc) is 2.18. The van der Waals surface area contributed by atoms with Crippen molar-refractivity contribution in [3.8, 4) is 5.75 Å². The zero-order chi connectivity index (χ0) is 11.8. The largest absolute Gasteiger partial charge is 0.497 e. The van der Waals surface area contributed by atoms with Crippen LogP contribution in [0.3, 0.4) is 0 Å². The van der Waals surface area contributed by atoms with Crippen LogP contribution in [0.1, 0.15) is 0 Å². The smallest absolute Gasteiger partial charge is 0.291 e. The monoisotopic (exact) mass is 219 g/mol. The molecule has 0 bridgehead atoms. The molecule has 1 aromatic rings. The van der Waals surface area contributed by atoms with Gasteiger partial charge in [-0.3, -0.25) is 5.84 Å². The molecule has 0 aliphatic heterocycles. The third-order valence-electron chi connectivity index (χ3n) is 1.33. The number of methoxy groups -OCH3 is 1. The Morgan fingerprint density at radius 1 is 1.67 bits per heavy atom. The molecule has 0 radical (unpaired) electrons. The minimum Gasteiger partial charge on any atom is -0.497 e. The zero-order valence-corrected chi connectivity index (χ0v) is 7.81. The van der Waals surface area contributed by atoms with Gasteiger partial charge in [0, 0.05) is 6.07 Å². The van der Waals surface area contributed by atoms with Gasteiger partial charge in [-0.1, -0.05) is 0 Å². The molecule has 0 unspecified atom stereocenters. The van der Waals surface area contributed by atoms with Gasteiger partial charge in [0.2, 0.25) is 0 Å². The van der Waals surface area contributed by atoms with Gasteiger partial charge in [-0.25, -0.2) is 4.39 Å². The third-order valence-corrected chi connectivity index (χ3v) is 1.33. The molecule has 7 nitrogen and oxygen atoms in total. The van der Waals surface area contributed by atoms with E-state index in [1.54, 1.807) is 0 Å². The second-order valence-electron chi connectivity index (χ2n) is 2.23. The lowest BCUT2D eigenvalue weighted by atomic mass is 10.3. The van der Waals surface area contributed by atoms with E-state index >= 15 is 0 Å². The van der Waals surface area contributed by atoms with Crippen molar-refractivity contribution in [3.63, 3.8) is 0 Å². The highest BCUT2D eigenvalue weighted by Crippen LogP contribution is 2.19. The first kappa shape index (κ1) is 12.9. The number of ether oxygens (including phenoxy) is 1. The van der Waals surface area contributed by atoms with E-state index in [0.717, 1.165) is 0 Å². The number of nitrogens with two attached hydrogens (primary N) is 1. The Hall–Kier alpha value is -2.09. The first-order chi connectivity index (χ1) is 7.01. The van der Waals surface area contributed by atoms with Crippen LogP contribution in [0.25, 0.3) is 0 Å². The van der Waals surface area contributed by atoms with E-state index in [1.807, 2.05) is 0 Å². The topological polar surface area (TPSA) is 111 Å². The van der Waals surface area contributed by atoms with E-state index in [2.05, 4.69) is 5.43 Å². The number of rotatable bonds is 2. The number of benzene rings is 1. The molecule has 1 aromatic carbocycles. The van der Waals surface area contributed by atoms with Gasteiger partial charge >= 0.3 is 0 Å². The lowest BCUT2D eigenvalue weighted by Gasteiger charge is -2.03. The van der Waals surface area contributed by atoms with Crippen molar-refractivity contribution in [2.45, 2.75) is 0 Å². The molecule has 0 amide bonds. The molecule has 8 heteroatoms.